The lowest BCUT2D eigenvalue weighted by Crippen LogP contribution is -2.20. The van der Waals surface area contributed by atoms with Gasteiger partial charge in [0.05, 0.1) is 0 Å². The maximum absolute atomic E-state index is 11.8. The second-order valence-corrected chi connectivity index (χ2v) is 6.62. The van der Waals surface area contributed by atoms with Gasteiger partial charge in [-0.1, -0.05) is 18.9 Å². The van der Waals surface area contributed by atoms with Gasteiger partial charge in [-0.15, -0.1) is 0 Å². The molecule has 2 aliphatic carbocycles. The molecule has 0 aromatic heterocycles. The molecule has 0 spiro atoms. The van der Waals surface area contributed by atoms with Crippen molar-refractivity contribution in [2.24, 2.45) is 0 Å². The van der Waals surface area contributed by atoms with Crippen LogP contribution < -0.4 is 0 Å². The van der Waals surface area contributed by atoms with E-state index in [9.17, 15) is 9.59 Å². The lowest BCUT2D eigenvalue weighted by atomic mass is 9.98. The topological polar surface area (TPSA) is 52.6 Å². The summed E-state index contributed by atoms with van der Waals surface area (Å²) in [5, 5.41) is 0. The number of hydrogen-bond acceptors (Lipinski definition) is 4. The molecule has 2 fully saturated rings. The molecule has 0 aromatic carbocycles. The number of allylic oxidation sites excluding steroid dienone is 2. The minimum atomic E-state index is -0.328. The van der Waals surface area contributed by atoms with Gasteiger partial charge in [-0.2, -0.15) is 0 Å². The van der Waals surface area contributed by atoms with E-state index in [0.717, 1.165) is 51.4 Å². The molecule has 0 unspecified atom stereocenters. The average Bonchev–Trinajstić information content (AvgIpc) is 2.55. The van der Waals surface area contributed by atoms with E-state index in [1.165, 1.54) is 25.0 Å². The van der Waals surface area contributed by atoms with E-state index in [4.69, 9.17) is 9.47 Å². The van der Waals surface area contributed by atoms with Crippen molar-refractivity contribution in [1.82, 2.24) is 0 Å². The van der Waals surface area contributed by atoms with Gasteiger partial charge >= 0.3 is 11.9 Å². The van der Waals surface area contributed by atoms with Crippen LogP contribution in [0.1, 0.15) is 71.1 Å². The Hall–Kier alpha value is -1.58. The first kappa shape index (κ1) is 17.8. The fraction of sp³-hybridized carbons (Fsp3) is 0.684. The van der Waals surface area contributed by atoms with Crippen molar-refractivity contribution in [1.29, 1.82) is 0 Å². The first-order valence-electron chi connectivity index (χ1n) is 8.91. The third-order valence-corrected chi connectivity index (χ3v) is 4.50. The molecule has 0 N–H and O–H groups in total. The van der Waals surface area contributed by atoms with Gasteiger partial charge in [0, 0.05) is 12.2 Å². The summed E-state index contributed by atoms with van der Waals surface area (Å²) < 4.78 is 10.8. The molecule has 0 heterocycles. The Bertz CT molecular complexity index is 452. The zero-order chi connectivity index (χ0) is 16.5. The SMILES string of the molecule is CC(=C/C(=O)OC1CCCCC1)/C=C/C(=O)OC1CCCCC1. The molecular formula is C19H28O4. The van der Waals surface area contributed by atoms with Crippen LogP contribution in [0.4, 0.5) is 0 Å². The molecule has 128 valence electrons. The van der Waals surface area contributed by atoms with Gasteiger partial charge < -0.3 is 9.47 Å². The summed E-state index contributed by atoms with van der Waals surface area (Å²) in [4.78, 5) is 23.6. The Labute approximate surface area is 138 Å². The highest BCUT2D eigenvalue weighted by Gasteiger charge is 2.17. The number of carbonyl (C=O) groups is 2. The summed E-state index contributed by atoms with van der Waals surface area (Å²) in [5.74, 6) is -0.648. The van der Waals surface area contributed by atoms with E-state index in [-0.39, 0.29) is 24.1 Å². The van der Waals surface area contributed by atoms with Crippen LogP contribution in [0, 0.1) is 0 Å². The quantitative estimate of drug-likeness (QED) is 0.432. The highest BCUT2D eigenvalue weighted by atomic mass is 16.5. The van der Waals surface area contributed by atoms with E-state index < -0.39 is 0 Å². The van der Waals surface area contributed by atoms with Crippen molar-refractivity contribution in [3.05, 3.63) is 23.8 Å². The van der Waals surface area contributed by atoms with Crippen molar-refractivity contribution in [2.45, 2.75) is 83.3 Å². The predicted octanol–water partition coefficient (Wildman–Crippen LogP) is 4.24. The first-order valence-corrected chi connectivity index (χ1v) is 8.91. The normalized spacial score (nSPS) is 21.3. The highest BCUT2D eigenvalue weighted by Crippen LogP contribution is 2.21. The third-order valence-electron chi connectivity index (χ3n) is 4.50. The van der Waals surface area contributed by atoms with Gasteiger partial charge in [0.2, 0.25) is 0 Å². The summed E-state index contributed by atoms with van der Waals surface area (Å²) >= 11 is 0. The molecule has 2 aliphatic rings. The molecule has 0 aliphatic heterocycles. The zero-order valence-corrected chi connectivity index (χ0v) is 14.1. The Kier molecular flexibility index (Phi) is 7.37. The predicted molar refractivity (Wildman–Crippen MR) is 88.8 cm³/mol. The lowest BCUT2D eigenvalue weighted by molar-refractivity contribution is -0.145. The van der Waals surface area contributed by atoms with Crippen molar-refractivity contribution >= 4 is 11.9 Å². The average molecular weight is 320 g/mol. The fourth-order valence-electron chi connectivity index (χ4n) is 3.20. The molecule has 4 nitrogen and oxygen atoms in total. The van der Waals surface area contributed by atoms with Gasteiger partial charge in [0.1, 0.15) is 12.2 Å². The molecule has 0 radical (unpaired) electrons. The van der Waals surface area contributed by atoms with E-state index in [1.807, 2.05) is 0 Å². The van der Waals surface area contributed by atoms with Crippen LogP contribution in [-0.4, -0.2) is 24.1 Å². The standard InChI is InChI=1S/C19H28O4/c1-15(14-19(21)23-17-10-6-3-7-11-17)12-13-18(20)22-16-8-4-2-5-9-16/h12-14,16-17H,2-11H2,1H3/b13-12+,15-14-. The van der Waals surface area contributed by atoms with Crippen LogP contribution in [0.25, 0.3) is 0 Å². The van der Waals surface area contributed by atoms with Crippen molar-refractivity contribution in [2.75, 3.05) is 0 Å². The molecule has 4 heteroatoms. The van der Waals surface area contributed by atoms with Gasteiger partial charge in [-0.3, -0.25) is 0 Å². The Balaban J connectivity index is 1.73. The highest BCUT2D eigenvalue weighted by molar-refractivity contribution is 5.85. The molecule has 2 saturated carbocycles. The third kappa shape index (κ3) is 7.02. The van der Waals surface area contributed by atoms with Crippen LogP contribution >= 0.6 is 0 Å². The Morgan fingerprint density at radius 1 is 0.739 bits per heavy atom. The molecular weight excluding hydrogens is 292 g/mol. The summed E-state index contributed by atoms with van der Waals surface area (Å²) in [7, 11) is 0. The molecule has 0 bridgehead atoms. The van der Waals surface area contributed by atoms with Crippen LogP contribution in [0.2, 0.25) is 0 Å². The number of hydrogen-bond donors (Lipinski definition) is 0. The van der Waals surface area contributed by atoms with Crippen LogP contribution in [-0.2, 0) is 19.1 Å². The summed E-state index contributed by atoms with van der Waals surface area (Å²) in [5.41, 5.74) is 0.700. The summed E-state index contributed by atoms with van der Waals surface area (Å²) in [6, 6.07) is 0. The first-order chi connectivity index (χ1) is 11.1. The molecule has 0 atom stereocenters. The number of carbonyl (C=O) groups excluding carboxylic acids is 2. The number of ether oxygens (including phenoxy) is 2. The monoisotopic (exact) mass is 320 g/mol. The number of rotatable bonds is 5. The Morgan fingerprint density at radius 3 is 1.74 bits per heavy atom. The van der Waals surface area contributed by atoms with E-state index in [0.29, 0.717) is 5.57 Å². The fourth-order valence-corrected chi connectivity index (χ4v) is 3.20. The molecule has 0 saturated heterocycles. The molecule has 0 aromatic rings. The molecule has 23 heavy (non-hydrogen) atoms. The Morgan fingerprint density at radius 2 is 1.22 bits per heavy atom. The lowest BCUT2D eigenvalue weighted by Gasteiger charge is -2.21. The summed E-state index contributed by atoms with van der Waals surface area (Å²) in [6.45, 7) is 1.78. The van der Waals surface area contributed by atoms with Crippen LogP contribution in [0.15, 0.2) is 23.8 Å². The smallest absolute Gasteiger partial charge is 0.331 e. The van der Waals surface area contributed by atoms with Crippen molar-refractivity contribution in [3.8, 4) is 0 Å². The minimum absolute atomic E-state index is 0.0561. The van der Waals surface area contributed by atoms with Gasteiger partial charge in [-0.25, -0.2) is 9.59 Å². The summed E-state index contributed by atoms with van der Waals surface area (Å²) in [6.07, 6.45) is 15.4. The van der Waals surface area contributed by atoms with E-state index in [2.05, 4.69) is 0 Å². The van der Waals surface area contributed by atoms with Crippen LogP contribution in [0.3, 0.4) is 0 Å². The van der Waals surface area contributed by atoms with Gasteiger partial charge in [-0.05, 0) is 63.9 Å². The molecule has 0 amide bonds. The zero-order valence-electron chi connectivity index (χ0n) is 14.1. The number of esters is 2. The maximum Gasteiger partial charge on any atom is 0.331 e. The van der Waals surface area contributed by atoms with Gasteiger partial charge in [0.25, 0.3) is 0 Å². The van der Waals surface area contributed by atoms with E-state index in [1.54, 1.807) is 13.0 Å². The van der Waals surface area contributed by atoms with Crippen LogP contribution in [0.5, 0.6) is 0 Å². The largest absolute Gasteiger partial charge is 0.459 e. The van der Waals surface area contributed by atoms with Crippen molar-refractivity contribution in [3.63, 3.8) is 0 Å². The van der Waals surface area contributed by atoms with E-state index >= 15 is 0 Å². The van der Waals surface area contributed by atoms with Crippen molar-refractivity contribution < 1.29 is 19.1 Å². The minimum Gasteiger partial charge on any atom is -0.459 e. The second-order valence-electron chi connectivity index (χ2n) is 6.62. The van der Waals surface area contributed by atoms with Gasteiger partial charge in [0.15, 0.2) is 0 Å². The molecule has 2 rings (SSSR count). The maximum atomic E-state index is 11.8. The second kappa shape index (κ2) is 9.53.